The van der Waals surface area contributed by atoms with E-state index in [1.807, 2.05) is 6.20 Å². The third-order valence-corrected chi connectivity index (χ3v) is 4.10. The number of hydrogen-bond acceptors (Lipinski definition) is 3. The average Bonchev–Trinajstić information content (AvgIpc) is 2.75. The summed E-state index contributed by atoms with van der Waals surface area (Å²) in [5.41, 5.74) is 2.39. The molecule has 0 amide bonds. The van der Waals surface area contributed by atoms with Crippen molar-refractivity contribution >= 4 is 16.6 Å². The van der Waals surface area contributed by atoms with Gasteiger partial charge in [-0.3, -0.25) is 4.98 Å². The fourth-order valence-corrected chi connectivity index (χ4v) is 2.97. The number of aromatic nitrogens is 1. The van der Waals surface area contributed by atoms with Crippen LogP contribution in [0.4, 0.5) is 5.69 Å². The number of rotatable bonds is 2. The first-order chi connectivity index (χ1) is 9.36. The molecular formula is C16H21N3. The van der Waals surface area contributed by atoms with Gasteiger partial charge in [-0.1, -0.05) is 18.2 Å². The van der Waals surface area contributed by atoms with Crippen LogP contribution in [0.25, 0.3) is 10.9 Å². The monoisotopic (exact) mass is 255 g/mol. The molecule has 0 bridgehead atoms. The lowest BCUT2D eigenvalue weighted by atomic mass is 10.1. The summed E-state index contributed by atoms with van der Waals surface area (Å²) in [5, 5.41) is 4.74. The molecule has 3 rings (SSSR count). The van der Waals surface area contributed by atoms with Crippen LogP contribution in [0.3, 0.4) is 0 Å². The molecule has 100 valence electrons. The third-order valence-electron chi connectivity index (χ3n) is 4.10. The topological polar surface area (TPSA) is 28.2 Å². The van der Waals surface area contributed by atoms with E-state index in [2.05, 4.69) is 52.6 Å². The van der Waals surface area contributed by atoms with Gasteiger partial charge in [0.1, 0.15) is 0 Å². The zero-order valence-corrected chi connectivity index (χ0v) is 11.5. The average molecular weight is 255 g/mol. The second kappa shape index (κ2) is 5.57. The van der Waals surface area contributed by atoms with E-state index < -0.39 is 0 Å². The summed E-state index contributed by atoms with van der Waals surface area (Å²) in [5.74, 6) is 0. The largest absolute Gasteiger partial charge is 0.371 e. The second-order valence-electron chi connectivity index (χ2n) is 5.29. The summed E-state index contributed by atoms with van der Waals surface area (Å²) in [6.45, 7) is 2.28. The van der Waals surface area contributed by atoms with Crippen LogP contribution < -0.4 is 10.2 Å². The van der Waals surface area contributed by atoms with Crippen LogP contribution in [0.2, 0.25) is 0 Å². The first-order valence-corrected chi connectivity index (χ1v) is 7.13. The van der Waals surface area contributed by atoms with Crippen LogP contribution in [0.1, 0.15) is 19.3 Å². The molecule has 0 saturated carbocycles. The van der Waals surface area contributed by atoms with E-state index in [9.17, 15) is 0 Å². The van der Waals surface area contributed by atoms with Gasteiger partial charge in [-0.05, 0) is 44.5 Å². The number of fused-ring (bicyclic) bond motifs is 1. The van der Waals surface area contributed by atoms with Crippen molar-refractivity contribution in [1.29, 1.82) is 0 Å². The van der Waals surface area contributed by atoms with Crippen LogP contribution in [0.15, 0.2) is 36.5 Å². The summed E-state index contributed by atoms with van der Waals surface area (Å²) in [7, 11) is 2.22. The lowest BCUT2D eigenvalue weighted by Gasteiger charge is -2.30. The molecular weight excluding hydrogens is 234 g/mol. The maximum absolute atomic E-state index is 4.45. The van der Waals surface area contributed by atoms with E-state index in [0.29, 0.717) is 6.04 Å². The predicted molar refractivity (Wildman–Crippen MR) is 80.7 cm³/mol. The fraction of sp³-hybridized carbons (Fsp3) is 0.438. The van der Waals surface area contributed by atoms with E-state index in [1.165, 1.54) is 30.3 Å². The molecule has 1 fully saturated rings. The van der Waals surface area contributed by atoms with E-state index in [-0.39, 0.29) is 0 Å². The van der Waals surface area contributed by atoms with Gasteiger partial charge >= 0.3 is 0 Å². The maximum Gasteiger partial charge on any atom is 0.0722 e. The Morgan fingerprint density at radius 3 is 3.00 bits per heavy atom. The van der Waals surface area contributed by atoms with Crippen LogP contribution >= 0.6 is 0 Å². The number of benzene rings is 1. The lowest BCUT2D eigenvalue weighted by molar-refractivity contribution is 0.568. The number of nitrogens with one attached hydrogen (secondary N) is 1. The molecule has 3 nitrogen and oxygen atoms in total. The number of para-hydroxylation sites is 1. The Hall–Kier alpha value is -1.61. The quantitative estimate of drug-likeness (QED) is 0.894. The Morgan fingerprint density at radius 1 is 1.16 bits per heavy atom. The van der Waals surface area contributed by atoms with Gasteiger partial charge in [0.05, 0.1) is 5.52 Å². The Balaban J connectivity index is 1.94. The van der Waals surface area contributed by atoms with E-state index in [0.717, 1.165) is 18.6 Å². The first kappa shape index (κ1) is 12.4. The van der Waals surface area contributed by atoms with Crippen molar-refractivity contribution in [1.82, 2.24) is 10.3 Å². The van der Waals surface area contributed by atoms with Gasteiger partial charge in [-0.15, -0.1) is 0 Å². The Kier molecular flexibility index (Phi) is 3.65. The van der Waals surface area contributed by atoms with Crippen LogP contribution in [-0.2, 0) is 0 Å². The minimum absolute atomic E-state index is 0.626. The molecule has 3 heteroatoms. The Bertz CT molecular complexity index is 539. The predicted octanol–water partition coefficient (Wildman–Crippen LogP) is 2.81. The highest BCUT2D eigenvalue weighted by molar-refractivity contribution is 5.91. The van der Waals surface area contributed by atoms with E-state index in [1.54, 1.807) is 0 Å². The zero-order chi connectivity index (χ0) is 13.1. The van der Waals surface area contributed by atoms with E-state index >= 15 is 0 Å². The molecule has 2 heterocycles. The third kappa shape index (κ3) is 2.56. The number of nitrogens with zero attached hydrogens (tertiary/aromatic N) is 2. The molecule has 1 aromatic carbocycles. The molecule has 1 atom stereocenters. The Morgan fingerprint density at radius 2 is 2.05 bits per heavy atom. The minimum atomic E-state index is 0.626. The van der Waals surface area contributed by atoms with Gasteiger partial charge in [0, 0.05) is 30.4 Å². The zero-order valence-electron chi connectivity index (χ0n) is 11.5. The van der Waals surface area contributed by atoms with Crippen molar-refractivity contribution in [2.24, 2.45) is 0 Å². The van der Waals surface area contributed by atoms with Gasteiger partial charge < -0.3 is 10.2 Å². The molecule has 0 aliphatic carbocycles. The standard InChI is InChI=1S/C16H21N3/c1-19(13-5-4-10-17-11-8-13)16-9-12-18-15-7-3-2-6-14(15)16/h2-3,6-7,9,12-13,17H,4-5,8,10-11H2,1H3. The highest BCUT2D eigenvalue weighted by Gasteiger charge is 2.18. The lowest BCUT2D eigenvalue weighted by Crippen LogP contribution is -2.32. The van der Waals surface area contributed by atoms with Gasteiger partial charge in [0.2, 0.25) is 0 Å². The molecule has 1 saturated heterocycles. The molecule has 1 N–H and O–H groups in total. The van der Waals surface area contributed by atoms with Crippen molar-refractivity contribution in [3.05, 3.63) is 36.5 Å². The van der Waals surface area contributed by atoms with Crippen molar-refractivity contribution in [3.8, 4) is 0 Å². The van der Waals surface area contributed by atoms with Gasteiger partial charge in [-0.2, -0.15) is 0 Å². The maximum atomic E-state index is 4.45. The normalized spacial score (nSPS) is 20.2. The highest BCUT2D eigenvalue weighted by atomic mass is 15.1. The smallest absolute Gasteiger partial charge is 0.0722 e. The van der Waals surface area contributed by atoms with Gasteiger partial charge in [0.25, 0.3) is 0 Å². The molecule has 19 heavy (non-hydrogen) atoms. The minimum Gasteiger partial charge on any atom is -0.371 e. The number of pyridine rings is 1. The summed E-state index contributed by atoms with van der Waals surface area (Å²) >= 11 is 0. The highest BCUT2D eigenvalue weighted by Crippen LogP contribution is 2.27. The molecule has 1 aliphatic heterocycles. The molecule has 1 unspecified atom stereocenters. The van der Waals surface area contributed by atoms with Crippen molar-refractivity contribution in [2.45, 2.75) is 25.3 Å². The van der Waals surface area contributed by atoms with Crippen LogP contribution in [-0.4, -0.2) is 31.2 Å². The fourth-order valence-electron chi connectivity index (χ4n) is 2.97. The first-order valence-electron chi connectivity index (χ1n) is 7.13. The number of hydrogen-bond donors (Lipinski definition) is 1. The summed E-state index contributed by atoms with van der Waals surface area (Å²) in [6.07, 6.45) is 5.66. The molecule has 1 aliphatic rings. The van der Waals surface area contributed by atoms with Crippen molar-refractivity contribution < 1.29 is 0 Å². The number of anilines is 1. The molecule has 0 spiro atoms. The van der Waals surface area contributed by atoms with Crippen LogP contribution in [0, 0.1) is 0 Å². The summed E-state index contributed by atoms with van der Waals surface area (Å²) < 4.78 is 0. The summed E-state index contributed by atoms with van der Waals surface area (Å²) in [4.78, 5) is 6.89. The van der Waals surface area contributed by atoms with Gasteiger partial charge in [-0.25, -0.2) is 0 Å². The van der Waals surface area contributed by atoms with Crippen molar-refractivity contribution in [3.63, 3.8) is 0 Å². The SMILES string of the molecule is CN(c1ccnc2ccccc12)C1CCCNCC1. The van der Waals surface area contributed by atoms with E-state index in [4.69, 9.17) is 0 Å². The second-order valence-corrected chi connectivity index (χ2v) is 5.29. The van der Waals surface area contributed by atoms with Crippen molar-refractivity contribution in [2.75, 3.05) is 25.0 Å². The van der Waals surface area contributed by atoms with Gasteiger partial charge in [0.15, 0.2) is 0 Å². The molecule has 1 aromatic heterocycles. The Labute approximate surface area is 114 Å². The molecule has 2 aromatic rings. The van der Waals surface area contributed by atoms with Crippen LogP contribution in [0.5, 0.6) is 0 Å². The summed E-state index contributed by atoms with van der Waals surface area (Å²) in [6, 6.07) is 11.2. The molecule has 0 radical (unpaired) electrons.